The van der Waals surface area contributed by atoms with Crippen LogP contribution < -0.4 is 10.2 Å². The molecule has 0 aliphatic carbocycles. The lowest BCUT2D eigenvalue weighted by molar-refractivity contribution is -0.160. The zero-order valence-corrected chi connectivity index (χ0v) is 30.5. The zero-order chi connectivity index (χ0) is 36.0. The number of anilines is 1. The first kappa shape index (κ1) is 37.5. The van der Waals surface area contributed by atoms with E-state index in [1.165, 1.54) is 0 Å². The Kier molecular flexibility index (Phi) is 12.3. The Bertz CT molecular complexity index is 1580. The molecule has 3 saturated heterocycles. The Balaban J connectivity index is 1.49. The second-order valence-corrected chi connectivity index (χ2v) is 14.7. The Morgan fingerprint density at radius 1 is 1.14 bits per heavy atom. The molecule has 3 aliphatic heterocycles. The molecule has 3 fully saturated rings. The van der Waals surface area contributed by atoms with Gasteiger partial charge in [0.1, 0.15) is 17.7 Å². The van der Waals surface area contributed by atoms with E-state index in [2.05, 4.69) is 34.4 Å². The van der Waals surface area contributed by atoms with Crippen molar-refractivity contribution in [2.75, 3.05) is 31.1 Å². The monoisotopic (exact) mass is 749 g/mol. The Morgan fingerprint density at radius 2 is 1.90 bits per heavy atom. The van der Waals surface area contributed by atoms with Crippen LogP contribution in [0.15, 0.2) is 73.8 Å². The molecule has 0 aromatic heterocycles. The first-order valence-electron chi connectivity index (χ1n) is 17.4. The van der Waals surface area contributed by atoms with Crippen LogP contribution in [0.5, 0.6) is 0 Å². The third kappa shape index (κ3) is 7.45. The number of halogens is 1. The summed E-state index contributed by atoms with van der Waals surface area (Å²) >= 11 is 3.75. The van der Waals surface area contributed by atoms with Crippen molar-refractivity contribution in [1.29, 1.82) is 0 Å². The van der Waals surface area contributed by atoms with Gasteiger partial charge in [-0.25, -0.2) is 0 Å². The van der Waals surface area contributed by atoms with Crippen LogP contribution in [0.3, 0.4) is 0 Å². The molecule has 3 amide bonds. The average Bonchev–Trinajstić information content (AvgIpc) is 3.70. The molecule has 5 rings (SSSR count). The number of carbonyl (C=O) groups excluding carboxylic acids is 4. The molecule has 50 heavy (non-hydrogen) atoms. The number of hydrogen-bond acceptors (Lipinski definition) is 7. The van der Waals surface area contributed by atoms with Crippen molar-refractivity contribution in [1.82, 2.24) is 10.2 Å². The van der Waals surface area contributed by atoms with E-state index in [-0.39, 0.29) is 55.2 Å². The van der Waals surface area contributed by atoms with Crippen LogP contribution >= 0.6 is 15.9 Å². The Labute approximate surface area is 303 Å². The molecule has 3 aliphatic rings. The number of aliphatic hydroxyl groups excluding tert-OH is 1. The van der Waals surface area contributed by atoms with Crippen LogP contribution in [0.2, 0.25) is 0 Å². The van der Waals surface area contributed by atoms with Crippen LogP contribution in [0.4, 0.5) is 5.69 Å². The van der Waals surface area contributed by atoms with E-state index in [9.17, 15) is 24.3 Å². The van der Waals surface area contributed by atoms with Crippen LogP contribution in [0, 0.1) is 25.7 Å². The number of unbranched alkanes of at least 4 members (excludes halogenated alkanes) is 2. The van der Waals surface area contributed by atoms with Crippen molar-refractivity contribution in [3.63, 3.8) is 0 Å². The van der Waals surface area contributed by atoms with Crippen LogP contribution in [-0.2, 0) is 28.7 Å². The van der Waals surface area contributed by atoms with Gasteiger partial charge in [-0.15, -0.1) is 13.2 Å². The first-order valence-corrected chi connectivity index (χ1v) is 18.3. The lowest BCUT2D eigenvalue weighted by atomic mass is 9.70. The number of esters is 1. The molecular formula is C39H48BrN3O7. The van der Waals surface area contributed by atoms with Crippen molar-refractivity contribution in [2.45, 2.75) is 81.1 Å². The van der Waals surface area contributed by atoms with E-state index in [0.29, 0.717) is 37.7 Å². The van der Waals surface area contributed by atoms with Crippen molar-refractivity contribution in [3.05, 3.63) is 90.5 Å². The fraction of sp³-hybridized carbons (Fsp3) is 0.487. The lowest BCUT2D eigenvalue weighted by Gasteiger charge is -2.37. The van der Waals surface area contributed by atoms with E-state index < -0.39 is 41.7 Å². The van der Waals surface area contributed by atoms with Crippen molar-refractivity contribution >= 4 is 45.3 Å². The standard InChI is InChI=1S/C39H48BrN3O7/c1-5-7-16-31(45)41-24-30(27-14-10-8-11-15-27)49-38(48)32-33-36(46)43(20-12-9-13-21-44)35(39(33)23-28(40)34(32)50-39)37(47)42(19-6-2)29-22-25(3)17-18-26(29)4/h5-6,8,10-11,14-15,17-18,22,28,30,32-35,44H,1-2,7,9,12-13,16,19-21,23-24H2,3-4H3,(H,41,45)/t28?,30-,32-,33+,34-,35-,39+/m0/s1. The van der Waals surface area contributed by atoms with Crippen molar-refractivity contribution < 1.29 is 33.8 Å². The SMILES string of the molecule is C=CCCC(=O)NC[C@H](OC(=O)[C@@H]1[C@H]2O[C@@]3(CC2Br)[C@H](C(=O)N(CC=C)c2cc(C)ccc2C)N(CCCCCO)C(=O)[C@@H]13)c1ccccc1. The van der Waals surface area contributed by atoms with Crippen LogP contribution in [0.1, 0.15) is 61.3 Å². The molecule has 0 saturated carbocycles. The maximum absolute atomic E-state index is 14.9. The highest BCUT2D eigenvalue weighted by molar-refractivity contribution is 9.09. The second-order valence-electron chi connectivity index (χ2n) is 13.5. The number of nitrogens with one attached hydrogen (secondary N) is 1. The molecular weight excluding hydrogens is 702 g/mol. The number of hydrogen-bond donors (Lipinski definition) is 2. The summed E-state index contributed by atoms with van der Waals surface area (Å²) in [6.45, 7) is 12.1. The molecule has 3 heterocycles. The van der Waals surface area contributed by atoms with Gasteiger partial charge in [-0.05, 0) is 68.7 Å². The number of aliphatic hydroxyl groups is 1. The highest BCUT2D eigenvalue weighted by Crippen LogP contribution is 2.60. The van der Waals surface area contributed by atoms with Gasteiger partial charge in [-0.1, -0.05) is 70.5 Å². The van der Waals surface area contributed by atoms with Gasteiger partial charge in [-0.2, -0.15) is 0 Å². The number of fused-ring (bicyclic) bond motifs is 1. The van der Waals surface area contributed by atoms with Gasteiger partial charge in [0.25, 0.3) is 5.91 Å². The van der Waals surface area contributed by atoms with Crippen molar-refractivity contribution in [2.24, 2.45) is 11.8 Å². The normalized spacial score (nSPS) is 25.6. The molecule has 1 spiro atoms. The molecule has 10 nitrogen and oxygen atoms in total. The Morgan fingerprint density at radius 3 is 2.60 bits per heavy atom. The number of alkyl halides is 1. The average molecular weight is 751 g/mol. The molecule has 2 N–H and O–H groups in total. The topological polar surface area (TPSA) is 125 Å². The summed E-state index contributed by atoms with van der Waals surface area (Å²) in [5.41, 5.74) is 2.04. The maximum atomic E-state index is 14.9. The zero-order valence-electron chi connectivity index (χ0n) is 28.9. The Hall–Kier alpha value is -3.80. The number of carbonyl (C=O) groups is 4. The number of likely N-dealkylation sites (tertiary alicyclic amines) is 1. The summed E-state index contributed by atoms with van der Waals surface area (Å²) in [4.78, 5) is 59.3. The van der Waals surface area contributed by atoms with Gasteiger partial charge < -0.3 is 29.7 Å². The number of rotatable bonds is 17. The minimum absolute atomic E-state index is 0.0316. The van der Waals surface area contributed by atoms with E-state index in [1.807, 2.05) is 62.4 Å². The van der Waals surface area contributed by atoms with Gasteiger partial charge in [0, 0.05) is 36.6 Å². The largest absolute Gasteiger partial charge is 0.455 e. The molecule has 1 unspecified atom stereocenters. The maximum Gasteiger partial charge on any atom is 0.313 e. The number of amides is 3. The van der Waals surface area contributed by atoms with Crippen LogP contribution in [0.25, 0.3) is 0 Å². The number of nitrogens with zero attached hydrogens (tertiary/aromatic N) is 2. The van der Waals surface area contributed by atoms with E-state index >= 15 is 0 Å². The third-order valence-electron chi connectivity index (χ3n) is 10.1. The summed E-state index contributed by atoms with van der Waals surface area (Å²) < 4.78 is 12.9. The highest BCUT2D eigenvalue weighted by atomic mass is 79.9. The van der Waals surface area contributed by atoms with Gasteiger partial charge >= 0.3 is 5.97 Å². The van der Waals surface area contributed by atoms with E-state index in [4.69, 9.17) is 9.47 Å². The van der Waals surface area contributed by atoms with E-state index in [0.717, 1.165) is 16.8 Å². The van der Waals surface area contributed by atoms with E-state index in [1.54, 1.807) is 22.0 Å². The van der Waals surface area contributed by atoms with Gasteiger partial charge in [-0.3, -0.25) is 19.2 Å². The number of benzene rings is 2. The van der Waals surface area contributed by atoms with Crippen molar-refractivity contribution in [3.8, 4) is 0 Å². The fourth-order valence-corrected chi connectivity index (χ4v) is 8.67. The summed E-state index contributed by atoms with van der Waals surface area (Å²) in [6, 6.07) is 14.1. The molecule has 268 valence electrons. The number of allylic oxidation sites excluding steroid dienone is 1. The van der Waals surface area contributed by atoms with Gasteiger partial charge in [0.15, 0.2) is 0 Å². The smallest absolute Gasteiger partial charge is 0.313 e. The van der Waals surface area contributed by atoms with Gasteiger partial charge in [0.2, 0.25) is 11.8 Å². The third-order valence-corrected chi connectivity index (χ3v) is 10.9. The fourth-order valence-electron chi connectivity index (χ4n) is 7.73. The minimum Gasteiger partial charge on any atom is -0.455 e. The molecule has 2 aromatic rings. The predicted octanol–water partition coefficient (Wildman–Crippen LogP) is 5.10. The second kappa shape index (κ2) is 16.5. The highest BCUT2D eigenvalue weighted by Gasteiger charge is 2.77. The first-order chi connectivity index (χ1) is 24.1. The van der Waals surface area contributed by atoms with Crippen LogP contribution in [-0.4, -0.2) is 82.5 Å². The summed E-state index contributed by atoms with van der Waals surface area (Å²) in [5.74, 6) is -3.33. The molecule has 11 heteroatoms. The number of aryl methyl sites for hydroxylation is 2. The minimum atomic E-state index is -1.27. The summed E-state index contributed by atoms with van der Waals surface area (Å²) in [6.07, 6.45) is 4.77. The quantitative estimate of drug-likeness (QED) is 0.0999. The van der Waals surface area contributed by atoms with Gasteiger partial charge in [0.05, 0.1) is 24.5 Å². The summed E-state index contributed by atoms with van der Waals surface area (Å²) in [5, 5.41) is 12.3. The predicted molar refractivity (Wildman–Crippen MR) is 195 cm³/mol. The molecule has 7 atom stereocenters. The molecule has 2 aromatic carbocycles. The molecule has 2 bridgehead atoms. The number of ether oxygens (including phenoxy) is 2. The summed E-state index contributed by atoms with van der Waals surface area (Å²) in [7, 11) is 0. The lowest BCUT2D eigenvalue weighted by Crippen LogP contribution is -2.57. The molecule has 0 radical (unpaired) electrons.